The van der Waals surface area contributed by atoms with Crippen molar-refractivity contribution in [3.05, 3.63) is 70.9 Å². The maximum absolute atomic E-state index is 13.7. The maximum Gasteiger partial charge on any atom is 0.270 e. The summed E-state index contributed by atoms with van der Waals surface area (Å²) in [5.41, 5.74) is 2.76. The molecule has 0 spiro atoms. The molecule has 32 heavy (non-hydrogen) atoms. The fraction of sp³-hybridized carbons (Fsp3) is 0.292. The fourth-order valence-corrected chi connectivity index (χ4v) is 3.95. The van der Waals surface area contributed by atoms with Gasteiger partial charge in [0, 0.05) is 37.0 Å². The van der Waals surface area contributed by atoms with Crippen LogP contribution < -0.4 is 5.32 Å². The number of nitrogens with zero attached hydrogens (tertiary/aromatic N) is 3. The molecule has 1 aliphatic rings. The highest BCUT2D eigenvalue weighted by Gasteiger charge is 2.41. The van der Waals surface area contributed by atoms with Crippen molar-refractivity contribution in [3.8, 4) is 6.07 Å². The SMILES string of the molecule is CCNC(=O)c1ccc(Cn2c(C(=O)N3CCC(F)(F)C3)cc3ccc(C#N)cc32)cc1. The zero-order valence-electron chi connectivity index (χ0n) is 17.6. The van der Waals surface area contributed by atoms with Crippen molar-refractivity contribution in [2.75, 3.05) is 19.6 Å². The van der Waals surface area contributed by atoms with Crippen LogP contribution in [-0.4, -0.2) is 46.8 Å². The molecule has 1 aliphatic heterocycles. The van der Waals surface area contributed by atoms with Gasteiger partial charge in [0.2, 0.25) is 0 Å². The van der Waals surface area contributed by atoms with Gasteiger partial charge in [-0.2, -0.15) is 5.26 Å². The number of rotatable bonds is 5. The number of nitriles is 1. The molecule has 0 bridgehead atoms. The Morgan fingerprint density at radius 1 is 1.16 bits per heavy atom. The van der Waals surface area contributed by atoms with Crippen LogP contribution in [0.5, 0.6) is 0 Å². The van der Waals surface area contributed by atoms with Gasteiger partial charge < -0.3 is 14.8 Å². The molecule has 1 saturated heterocycles. The lowest BCUT2D eigenvalue weighted by Crippen LogP contribution is -2.32. The van der Waals surface area contributed by atoms with Crippen molar-refractivity contribution in [2.24, 2.45) is 0 Å². The van der Waals surface area contributed by atoms with Gasteiger partial charge in [0.1, 0.15) is 5.69 Å². The van der Waals surface area contributed by atoms with Crippen LogP contribution in [0.2, 0.25) is 0 Å². The van der Waals surface area contributed by atoms with E-state index < -0.39 is 18.4 Å². The maximum atomic E-state index is 13.7. The number of hydrogen-bond acceptors (Lipinski definition) is 3. The Labute approximate surface area is 184 Å². The molecule has 6 nitrogen and oxygen atoms in total. The topological polar surface area (TPSA) is 78.1 Å². The molecule has 2 heterocycles. The number of likely N-dealkylation sites (tertiary alicyclic amines) is 1. The van der Waals surface area contributed by atoms with Crippen LogP contribution in [0.25, 0.3) is 10.9 Å². The van der Waals surface area contributed by atoms with E-state index in [0.717, 1.165) is 10.9 Å². The number of benzene rings is 2. The van der Waals surface area contributed by atoms with Crippen molar-refractivity contribution >= 4 is 22.7 Å². The first-order chi connectivity index (χ1) is 15.3. The van der Waals surface area contributed by atoms with E-state index in [2.05, 4.69) is 11.4 Å². The van der Waals surface area contributed by atoms with Crippen molar-refractivity contribution in [1.29, 1.82) is 5.26 Å². The van der Waals surface area contributed by atoms with Crippen LogP contribution in [0.15, 0.2) is 48.5 Å². The number of nitrogens with one attached hydrogen (secondary N) is 1. The summed E-state index contributed by atoms with van der Waals surface area (Å²) in [4.78, 5) is 26.3. The first-order valence-electron chi connectivity index (χ1n) is 10.4. The van der Waals surface area contributed by atoms with Gasteiger partial charge in [-0.3, -0.25) is 9.59 Å². The van der Waals surface area contributed by atoms with Crippen molar-refractivity contribution in [1.82, 2.24) is 14.8 Å². The Bertz CT molecular complexity index is 1230. The molecule has 4 rings (SSSR count). The summed E-state index contributed by atoms with van der Waals surface area (Å²) in [7, 11) is 0. The number of amides is 2. The van der Waals surface area contributed by atoms with Crippen LogP contribution in [0.3, 0.4) is 0 Å². The van der Waals surface area contributed by atoms with E-state index in [-0.39, 0.29) is 18.9 Å². The Morgan fingerprint density at radius 2 is 1.91 bits per heavy atom. The third kappa shape index (κ3) is 4.19. The highest BCUT2D eigenvalue weighted by Crippen LogP contribution is 2.30. The number of carbonyl (C=O) groups excluding carboxylic acids is 2. The Kier molecular flexibility index (Phi) is 5.66. The highest BCUT2D eigenvalue weighted by molar-refractivity contribution is 5.99. The van der Waals surface area contributed by atoms with E-state index in [9.17, 15) is 23.6 Å². The van der Waals surface area contributed by atoms with Crippen LogP contribution in [-0.2, 0) is 6.54 Å². The predicted octanol–water partition coefficient (Wildman–Crippen LogP) is 3.79. The van der Waals surface area contributed by atoms with E-state index in [0.29, 0.717) is 35.4 Å². The minimum atomic E-state index is -2.88. The smallest absolute Gasteiger partial charge is 0.270 e. The Morgan fingerprint density at radius 3 is 2.53 bits per heavy atom. The first kappa shape index (κ1) is 21.5. The normalized spacial score (nSPS) is 15.0. The molecule has 1 fully saturated rings. The fourth-order valence-electron chi connectivity index (χ4n) is 3.95. The summed E-state index contributed by atoms with van der Waals surface area (Å²) in [5.74, 6) is -3.51. The Balaban J connectivity index is 1.71. The lowest BCUT2D eigenvalue weighted by Gasteiger charge is -2.18. The highest BCUT2D eigenvalue weighted by atomic mass is 19.3. The molecule has 2 aromatic carbocycles. The molecule has 164 valence electrons. The number of hydrogen-bond donors (Lipinski definition) is 1. The third-order valence-electron chi connectivity index (χ3n) is 5.60. The zero-order valence-corrected chi connectivity index (χ0v) is 17.6. The molecule has 0 atom stereocenters. The first-order valence-corrected chi connectivity index (χ1v) is 10.4. The van der Waals surface area contributed by atoms with E-state index >= 15 is 0 Å². The number of halogens is 2. The number of fused-ring (bicyclic) bond motifs is 1. The van der Waals surface area contributed by atoms with Crippen molar-refractivity contribution < 1.29 is 18.4 Å². The molecule has 1 aromatic heterocycles. The second-order valence-corrected chi connectivity index (χ2v) is 7.89. The number of carbonyl (C=O) groups is 2. The monoisotopic (exact) mass is 436 g/mol. The van der Waals surface area contributed by atoms with Gasteiger partial charge in [0.05, 0.1) is 23.7 Å². The van der Waals surface area contributed by atoms with Gasteiger partial charge in [-0.25, -0.2) is 8.78 Å². The zero-order chi connectivity index (χ0) is 22.9. The van der Waals surface area contributed by atoms with Crippen LogP contribution >= 0.6 is 0 Å². The summed E-state index contributed by atoms with van der Waals surface area (Å²) >= 11 is 0. The van der Waals surface area contributed by atoms with Gasteiger partial charge in [-0.15, -0.1) is 0 Å². The van der Waals surface area contributed by atoms with E-state index in [4.69, 9.17) is 0 Å². The molecular formula is C24H22F2N4O2. The molecule has 1 N–H and O–H groups in total. The van der Waals surface area contributed by atoms with Crippen LogP contribution in [0.1, 0.15) is 45.3 Å². The molecule has 2 amide bonds. The van der Waals surface area contributed by atoms with E-state index in [1.807, 2.05) is 6.92 Å². The average Bonchev–Trinajstić information content (AvgIpc) is 3.33. The van der Waals surface area contributed by atoms with E-state index in [1.54, 1.807) is 53.1 Å². The summed E-state index contributed by atoms with van der Waals surface area (Å²) < 4.78 is 29.2. The number of alkyl halides is 2. The van der Waals surface area contributed by atoms with Crippen molar-refractivity contribution in [2.45, 2.75) is 25.8 Å². The largest absolute Gasteiger partial charge is 0.352 e. The van der Waals surface area contributed by atoms with Gasteiger partial charge in [-0.1, -0.05) is 18.2 Å². The predicted molar refractivity (Wildman–Crippen MR) is 116 cm³/mol. The minimum absolute atomic E-state index is 0.00194. The Hall–Kier alpha value is -3.73. The lowest BCUT2D eigenvalue weighted by atomic mass is 10.1. The summed E-state index contributed by atoms with van der Waals surface area (Å²) in [5, 5.41) is 12.8. The summed E-state index contributed by atoms with van der Waals surface area (Å²) in [6, 6.07) is 15.9. The molecule has 0 radical (unpaired) electrons. The quantitative estimate of drug-likeness (QED) is 0.661. The second kappa shape index (κ2) is 8.42. The molecule has 3 aromatic rings. The summed E-state index contributed by atoms with van der Waals surface area (Å²) in [6.07, 6.45) is -0.348. The standard InChI is InChI=1S/C24H22F2N4O2/c1-2-28-22(31)18-6-3-16(4-7-18)14-30-20-11-17(13-27)5-8-19(20)12-21(30)23(32)29-10-9-24(25,26)15-29/h3-8,11-12H,2,9-10,14-15H2,1H3,(H,28,31). The van der Waals surface area contributed by atoms with E-state index in [1.165, 1.54) is 4.90 Å². The van der Waals surface area contributed by atoms with Crippen molar-refractivity contribution in [3.63, 3.8) is 0 Å². The molecule has 0 unspecified atom stereocenters. The lowest BCUT2D eigenvalue weighted by molar-refractivity contribution is 0.0119. The van der Waals surface area contributed by atoms with Gasteiger partial charge in [-0.05, 0) is 42.8 Å². The second-order valence-electron chi connectivity index (χ2n) is 7.89. The van der Waals surface area contributed by atoms with Gasteiger partial charge >= 0.3 is 0 Å². The molecular weight excluding hydrogens is 414 g/mol. The van der Waals surface area contributed by atoms with Crippen LogP contribution in [0, 0.1) is 11.3 Å². The summed E-state index contributed by atoms with van der Waals surface area (Å²) in [6.45, 7) is 2.06. The molecule has 8 heteroatoms. The average molecular weight is 436 g/mol. The third-order valence-corrected chi connectivity index (χ3v) is 5.60. The van der Waals surface area contributed by atoms with Gasteiger partial charge in [0.25, 0.3) is 17.7 Å². The molecule has 0 aliphatic carbocycles. The molecule has 0 saturated carbocycles. The minimum Gasteiger partial charge on any atom is -0.352 e. The number of aromatic nitrogens is 1. The van der Waals surface area contributed by atoms with Gasteiger partial charge in [0.15, 0.2) is 0 Å². The van der Waals surface area contributed by atoms with Crippen LogP contribution in [0.4, 0.5) is 8.78 Å².